The number of alkyl carbamates (subject to hydrolysis) is 1. The molecule has 0 spiro atoms. The average molecular weight is 313 g/mol. The zero-order valence-electron chi connectivity index (χ0n) is 15.2. The molecule has 0 aromatic heterocycles. The van der Waals surface area contributed by atoms with Crippen LogP contribution in [0.4, 0.5) is 4.79 Å². The molecule has 1 amide bonds. The van der Waals surface area contributed by atoms with Crippen molar-refractivity contribution in [2.24, 2.45) is 11.1 Å². The second-order valence-corrected chi connectivity index (χ2v) is 7.67. The fourth-order valence-electron chi connectivity index (χ4n) is 3.34. The summed E-state index contributed by atoms with van der Waals surface area (Å²) in [5.41, 5.74) is 5.93. The molecule has 22 heavy (non-hydrogen) atoms. The molecule has 0 aromatic carbocycles. The number of rotatable bonds is 6. The van der Waals surface area contributed by atoms with Gasteiger partial charge >= 0.3 is 6.09 Å². The SMILES string of the molecule is CCC1(CC)CCN(C(CN)C(C)NC(=O)OC(C)(C)C)C1. The number of carbonyl (C=O) groups is 1. The van der Waals surface area contributed by atoms with Crippen molar-refractivity contribution in [3.05, 3.63) is 0 Å². The molecule has 2 unspecified atom stereocenters. The van der Waals surface area contributed by atoms with Crippen LogP contribution in [0.2, 0.25) is 0 Å². The van der Waals surface area contributed by atoms with Gasteiger partial charge in [-0.1, -0.05) is 13.8 Å². The molecular formula is C17H35N3O2. The Labute approximate surface area is 135 Å². The third-order valence-electron chi connectivity index (χ3n) is 5.00. The maximum Gasteiger partial charge on any atom is 0.407 e. The molecule has 1 aliphatic rings. The van der Waals surface area contributed by atoms with Gasteiger partial charge in [0, 0.05) is 25.2 Å². The first-order valence-corrected chi connectivity index (χ1v) is 8.60. The van der Waals surface area contributed by atoms with Crippen LogP contribution in [0.1, 0.15) is 60.8 Å². The summed E-state index contributed by atoms with van der Waals surface area (Å²) in [4.78, 5) is 14.4. The van der Waals surface area contributed by atoms with Gasteiger partial charge in [-0.2, -0.15) is 0 Å². The molecule has 1 aliphatic heterocycles. The number of amides is 1. The summed E-state index contributed by atoms with van der Waals surface area (Å²) in [6, 6.07) is 0.136. The highest BCUT2D eigenvalue weighted by molar-refractivity contribution is 5.68. The summed E-state index contributed by atoms with van der Waals surface area (Å²) >= 11 is 0. The van der Waals surface area contributed by atoms with Crippen LogP contribution >= 0.6 is 0 Å². The predicted octanol–water partition coefficient (Wildman–Crippen LogP) is 2.74. The van der Waals surface area contributed by atoms with Crippen LogP contribution in [0.25, 0.3) is 0 Å². The highest BCUT2D eigenvalue weighted by Crippen LogP contribution is 2.38. The van der Waals surface area contributed by atoms with Crippen molar-refractivity contribution in [2.45, 2.75) is 78.5 Å². The number of nitrogens with two attached hydrogens (primary N) is 1. The van der Waals surface area contributed by atoms with Crippen LogP contribution in [0.15, 0.2) is 0 Å². The Morgan fingerprint density at radius 1 is 1.36 bits per heavy atom. The molecule has 1 saturated heterocycles. The van der Waals surface area contributed by atoms with Crippen LogP contribution in [0.5, 0.6) is 0 Å². The molecule has 1 rings (SSSR count). The second-order valence-electron chi connectivity index (χ2n) is 7.67. The number of likely N-dealkylation sites (tertiary alicyclic amines) is 1. The Balaban J connectivity index is 2.62. The number of ether oxygens (including phenoxy) is 1. The molecule has 2 atom stereocenters. The molecule has 1 heterocycles. The molecule has 1 fully saturated rings. The van der Waals surface area contributed by atoms with E-state index in [1.54, 1.807) is 0 Å². The van der Waals surface area contributed by atoms with Gasteiger partial charge in [-0.15, -0.1) is 0 Å². The molecule has 5 heteroatoms. The zero-order valence-corrected chi connectivity index (χ0v) is 15.2. The van der Waals surface area contributed by atoms with Gasteiger partial charge in [0.1, 0.15) is 5.60 Å². The van der Waals surface area contributed by atoms with Crippen LogP contribution in [0, 0.1) is 5.41 Å². The Bertz CT molecular complexity index is 361. The van der Waals surface area contributed by atoms with Crippen LogP contribution in [0.3, 0.4) is 0 Å². The minimum absolute atomic E-state index is 0.0237. The normalized spacial score (nSPS) is 21.4. The molecule has 3 N–H and O–H groups in total. The van der Waals surface area contributed by atoms with E-state index >= 15 is 0 Å². The Hall–Kier alpha value is -0.810. The average Bonchev–Trinajstić information content (AvgIpc) is 2.82. The van der Waals surface area contributed by atoms with Crippen molar-refractivity contribution in [1.82, 2.24) is 10.2 Å². The van der Waals surface area contributed by atoms with Gasteiger partial charge < -0.3 is 15.8 Å². The molecule has 0 aliphatic carbocycles. The molecule has 130 valence electrons. The summed E-state index contributed by atoms with van der Waals surface area (Å²) < 4.78 is 5.34. The third-order valence-corrected chi connectivity index (χ3v) is 5.00. The minimum Gasteiger partial charge on any atom is -0.444 e. The smallest absolute Gasteiger partial charge is 0.407 e. The molecule has 5 nitrogen and oxygen atoms in total. The van der Waals surface area contributed by atoms with Gasteiger partial charge in [0.15, 0.2) is 0 Å². The van der Waals surface area contributed by atoms with Crippen molar-refractivity contribution in [2.75, 3.05) is 19.6 Å². The van der Waals surface area contributed by atoms with Crippen molar-refractivity contribution < 1.29 is 9.53 Å². The number of nitrogens with one attached hydrogen (secondary N) is 1. The second kappa shape index (κ2) is 7.64. The minimum atomic E-state index is -0.477. The van der Waals surface area contributed by atoms with E-state index < -0.39 is 5.60 Å². The summed E-state index contributed by atoms with van der Waals surface area (Å²) in [5, 5.41) is 2.94. The summed E-state index contributed by atoms with van der Waals surface area (Å²) in [7, 11) is 0. The number of hydrogen-bond acceptors (Lipinski definition) is 4. The van der Waals surface area contributed by atoms with Crippen molar-refractivity contribution in [3.8, 4) is 0 Å². The highest BCUT2D eigenvalue weighted by Gasteiger charge is 2.39. The van der Waals surface area contributed by atoms with E-state index in [1.165, 1.54) is 19.3 Å². The van der Waals surface area contributed by atoms with Crippen LogP contribution in [-0.4, -0.2) is 48.3 Å². The Morgan fingerprint density at radius 2 is 1.95 bits per heavy atom. The first-order chi connectivity index (χ1) is 10.2. The fraction of sp³-hybridized carbons (Fsp3) is 0.941. The molecule has 0 bridgehead atoms. The monoisotopic (exact) mass is 313 g/mol. The Morgan fingerprint density at radius 3 is 2.36 bits per heavy atom. The van der Waals surface area contributed by atoms with E-state index in [9.17, 15) is 4.79 Å². The topological polar surface area (TPSA) is 67.6 Å². The summed E-state index contributed by atoms with van der Waals surface area (Å²) in [6.45, 7) is 14.8. The zero-order chi connectivity index (χ0) is 17.0. The third kappa shape index (κ3) is 5.13. The van der Waals surface area contributed by atoms with E-state index in [4.69, 9.17) is 10.5 Å². The van der Waals surface area contributed by atoms with Gasteiger partial charge in [0.2, 0.25) is 0 Å². The predicted molar refractivity (Wildman–Crippen MR) is 90.9 cm³/mol. The van der Waals surface area contributed by atoms with Crippen molar-refractivity contribution >= 4 is 6.09 Å². The van der Waals surface area contributed by atoms with E-state index in [-0.39, 0.29) is 18.2 Å². The van der Waals surface area contributed by atoms with Gasteiger partial charge in [-0.3, -0.25) is 4.90 Å². The lowest BCUT2D eigenvalue weighted by Crippen LogP contribution is -2.54. The summed E-state index contributed by atoms with van der Waals surface area (Å²) in [5.74, 6) is 0. The lowest BCUT2D eigenvalue weighted by molar-refractivity contribution is 0.0473. The van der Waals surface area contributed by atoms with E-state index in [2.05, 4.69) is 24.1 Å². The lowest BCUT2D eigenvalue weighted by Gasteiger charge is -2.34. The van der Waals surface area contributed by atoms with E-state index in [1.807, 2.05) is 27.7 Å². The van der Waals surface area contributed by atoms with Gasteiger partial charge in [0.05, 0.1) is 0 Å². The van der Waals surface area contributed by atoms with Crippen molar-refractivity contribution in [3.63, 3.8) is 0 Å². The first kappa shape index (κ1) is 19.2. The van der Waals surface area contributed by atoms with Crippen LogP contribution < -0.4 is 11.1 Å². The summed E-state index contributed by atoms with van der Waals surface area (Å²) in [6.07, 6.45) is 3.25. The number of carbonyl (C=O) groups excluding carboxylic acids is 1. The quantitative estimate of drug-likeness (QED) is 0.791. The van der Waals surface area contributed by atoms with Gasteiger partial charge in [0.25, 0.3) is 0 Å². The fourth-order valence-corrected chi connectivity index (χ4v) is 3.34. The number of nitrogens with zero attached hydrogens (tertiary/aromatic N) is 1. The Kier molecular flexibility index (Phi) is 6.68. The number of hydrogen-bond donors (Lipinski definition) is 2. The van der Waals surface area contributed by atoms with Crippen molar-refractivity contribution in [1.29, 1.82) is 0 Å². The standard InChI is InChI=1S/C17H35N3O2/c1-7-17(8-2)9-10-20(12-17)14(11-18)13(3)19-15(21)22-16(4,5)6/h13-14H,7-12,18H2,1-6H3,(H,19,21). The largest absolute Gasteiger partial charge is 0.444 e. The maximum atomic E-state index is 12.0. The highest BCUT2D eigenvalue weighted by atomic mass is 16.6. The van der Waals surface area contributed by atoms with Crippen LogP contribution in [-0.2, 0) is 4.74 Å². The maximum absolute atomic E-state index is 12.0. The molecular weight excluding hydrogens is 278 g/mol. The van der Waals surface area contributed by atoms with E-state index in [0.717, 1.165) is 13.1 Å². The van der Waals surface area contributed by atoms with Gasteiger partial charge in [-0.25, -0.2) is 4.79 Å². The molecule has 0 aromatic rings. The lowest BCUT2D eigenvalue weighted by atomic mass is 9.82. The molecule has 0 saturated carbocycles. The van der Waals surface area contributed by atoms with E-state index in [0.29, 0.717) is 12.0 Å². The van der Waals surface area contributed by atoms with Gasteiger partial charge in [-0.05, 0) is 58.9 Å². The first-order valence-electron chi connectivity index (χ1n) is 8.60. The molecule has 0 radical (unpaired) electrons.